The fourth-order valence-electron chi connectivity index (χ4n) is 3.76. The van der Waals surface area contributed by atoms with Crippen molar-refractivity contribution in [2.24, 2.45) is 5.92 Å². The Hall–Kier alpha value is -1.31. The molecule has 1 amide bonds. The summed E-state index contributed by atoms with van der Waals surface area (Å²) in [5.41, 5.74) is 0. The Kier molecular flexibility index (Phi) is 6.10. The number of hydrogen-bond acceptors (Lipinski definition) is 4. The molecule has 1 aliphatic carbocycles. The van der Waals surface area contributed by atoms with Crippen molar-refractivity contribution in [1.29, 1.82) is 0 Å². The first-order chi connectivity index (χ1) is 12.4. The molecule has 0 aromatic heterocycles. The molecule has 1 unspecified atom stereocenters. The van der Waals surface area contributed by atoms with Gasteiger partial charge in [0.2, 0.25) is 15.9 Å². The van der Waals surface area contributed by atoms with E-state index >= 15 is 0 Å². The highest BCUT2D eigenvalue weighted by Gasteiger charge is 2.35. The average molecular weight is 401 g/mol. The van der Waals surface area contributed by atoms with Crippen LogP contribution in [-0.4, -0.2) is 44.9 Å². The Balaban J connectivity index is 1.76. The molecule has 1 aliphatic heterocycles. The van der Waals surface area contributed by atoms with Gasteiger partial charge in [-0.05, 0) is 43.9 Å². The predicted octanol–water partition coefficient (Wildman–Crippen LogP) is 2.81. The average Bonchev–Trinajstić information content (AvgIpc) is 3.14. The van der Waals surface area contributed by atoms with Crippen LogP contribution < -0.4 is 10.1 Å². The number of sulfonamides is 1. The number of piperidine rings is 1. The summed E-state index contributed by atoms with van der Waals surface area (Å²) in [4.78, 5) is 12.6. The highest BCUT2D eigenvalue weighted by Crippen LogP contribution is 2.32. The first-order valence-corrected chi connectivity index (χ1v) is 10.9. The SMILES string of the molecule is COc1ccc(Cl)cc1S(=O)(=O)N1CCCC(C(=O)NC2CCCC2)C1. The van der Waals surface area contributed by atoms with E-state index in [1.165, 1.54) is 17.5 Å². The zero-order valence-electron chi connectivity index (χ0n) is 14.9. The third-order valence-electron chi connectivity index (χ3n) is 5.20. The molecule has 8 heteroatoms. The summed E-state index contributed by atoms with van der Waals surface area (Å²) < 4.78 is 32.8. The topological polar surface area (TPSA) is 75.7 Å². The first kappa shape index (κ1) is 19.5. The third-order valence-corrected chi connectivity index (χ3v) is 7.32. The summed E-state index contributed by atoms with van der Waals surface area (Å²) in [5.74, 6) is -0.0916. The molecule has 2 aliphatic rings. The van der Waals surface area contributed by atoms with Crippen LogP contribution >= 0.6 is 11.6 Å². The number of nitrogens with one attached hydrogen (secondary N) is 1. The summed E-state index contributed by atoms with van der Waals surface area (Å²) in [5, 5.41) is 3.42. The first-order valence-electron chi connectivity index (χ1n) is 9.06. The van der Waals surface area contributed by atoms with E-state index in [9.17, 15) is 13.2 Å². The van der Waals surface area contributed by atoms with Gasteiger partial charge >= 0.3 is 0 Å². The van der Waals surface area contributed by atoms with Gasteiger partial charge in [-0.1, -0.05) is 24.4 Å². The highest BCUT2D eigenvalue weighted by atomic mass is 35.5. The molecule has 3 rings (SSSR count). The number of carbonyl (C=O) groups is 1. The lowest BCUT2D eigenvalue weighted by Crippen LogP contribution is -2.47. The van der Waals surface area contributed by atoms with Crippen molar-refractivity contribution in [3.63, 3.8) is 0 Å². The van der Waals surface area contributed by atoms with Crippen LogP contribution in [0.25, 0.3) is 0 Å². The molecule has 1 aromatic rings. The maximum atomic E-state index is 13.1. The van der Waals surface area contributed by atoms with Crippen LogP contribution in [0, 0.1) is 5.92 Å². The minimum absolute atomic E-state index is 0.0325. The van der Waals surface area contributed by atoms with Crippen molar-refractivity contribution in [2.75, 3.05) is 20.2 Å². The zero-order chi connectivity index (χ0) is 18.7. The van der Waals surface area contributed by atoms with Crippen LogP contribution in [0.5, 0.6) is 5.75 Å². The van der Waals surface area contributed by atoms with Crippen LogP contribution in [0.2, 0.25) is 5.02 Å². The molecular formula is C18H25ClN2O4S. The van der Waals surface area contributed by atoms with Gasteiger partial charge < -0.3 is 10.1 Å². The monoisotopic (exact) mass is 400 g/mol. The van der Waals surface area contributed by atoms with Gasteiger partial charge in [0, 0.05) is 24.2 Å². The molecule has 144 valence electrons. The van der Waals surface area contributed by atoms with E-state index in [1.807, 2.05) is 0 Å². The smallest absolute Gasteiger partial charge is 0.246 e. The number of nitrogens with zero attached hydrogens (tertiary/aromatic N) is 1. The Morgan fingerprint density at radius 3 is 2.65 bits per heavy atom. The molecule has 0 radical (unpaired) electrons. The van der Waals surface area contributed by atoms with Gasteiger partial charge in [0.1, 0.15) is 10.6 Å². The van der Waals surface area contributed by atoms with Gasteiger partial charge in [-0.3, -0.25) is 4.79 Å². The van der Waals surface area contributed by atoms with Crippen LogP contribution in [0.4, 0.5) is 0 Å². The number of methoxy groups -OCH3 is 1. The molecule has 1 N–H and O–H groups in total. The summed E-state index contributed by atoms with van der Waals surface area (Å²) in [6.45, 7) is 0.585. The predicted molar refractivity (Wildman–Crippen MR) is 99.9 cm³/mol. The summed E-state index contributed by atoms with van der Waals surface area (Å²) in [6.07, 6.45) is 5.68. The van der Waals surface area contributed by atoms with Crippen LogP contribution in [0.1, 0.15) is 38.5 Å². The molecule has 1 aromatic carbocycles. The van der Waals surface area contributed by atoms with Gasteiger partial charge in [-0.2, -0.15) is 4.31 Å². The van der Waals surface area contributed by atoms with Crippen LogP contribution in [0.15, 0.2) is 23.1 Å². The molecular weight excluding hydrogens is 376 g/mol. The van der Waals surface area contributed by atoms with E-state index in [-0.39, 0.29) is 35.1 Å². The summed E-state index contributed by atoms with van der Waals surface area (Å²) in [7, 11) is -2.35. The number of carbonyl (C=O) groups excluding carboxylic acids is 1. The molecule has 2 fully saturated rings. The fraction of sp³-hybridized carbons (Fsp3) is 0.611. The molecule has 6 nitrogen and oxygen atoms in total. The lowest BCUT2D eigenvalue weighted by atomic mass is 9.98. The fourth-order valence-corrected chi connectivity index (χ4v) is 5.70. The van der Waals surface area contributed by atoms with Crippen molar-refractivity contribution in [3.8, 4) is 5.75 Å². The number of ether oxygens (including phenoxy) is 1. The molecule has 26 heavy (non-hydrogen) atoms. The largest absolute Gasteiger partial charge is 0.495 e. The Morgan fingerprint density at radius 1 is 1.23 bits per heavy atom. The molecule has 1 saturated heterocycles. The van der Waals surface area contributed by atoms with E-state index in [0.29, 0.717) is 24.4 Å². The van der Waals surface area contributed by atoms with E-state index in [2.05, 4.69) is 5.32 Å². The van der Waals surface area contributed by atoms with Crippen molar-refractivity contribution >= 4 is 27.5 Å². The quantitative estimate of drug-likeness (QED) is 0.824. The molecule has 1 saturated carbocycles. The zero-order valence-corrected chi connectivity index (χ0v) is 16.5. The Bertz CT molecular complexity index is 762. The van der Waals surface area contributed by atoms with E-state index in [4.69, 9.17) is 16.3 Å². The van der Waals surface area contributed by atoms with Crippen molar-refractivity contribution in [1.82, 2.24) is 9.62 Å². The maximum Gasteiger partial charge on any atom is 0.246 e. The van der Waals surface area contributed by atoms with E-state index in [0.717, 1.165) is 25.7 Å². The van der Waals surface area contributed by atoms with Crippen LogP contribution in [-0.2, 0) is 14.8 Å². The van der Waals surface area contributed by atoms with Crippen LogP contribution in [0.3, 0.4) is 0 Å². The van der Waals surface area contributed by atoms with Gasteiger partial charge in [-0.15, -0.1) is 0 Å². The third kappa shape index (κ3) is 4.15. The van der Waals surface area contributed by atoms with Gasteiger partial charge in [-0.25, -0.2) is 8.42 Å². The van der Waals surface area contributed by atoms with Crippen molar-refractivity contribution in [3.05, 3.63) is 23.2 Å². The Morgan fingerprint density at radius 2 is 1.96 bits per heavy atom. The maximum absolute atomic E-state index is 13.1. The lowest BCUT2D eigenvalue weighted by Gasteiger charge is -2.32. The summed E-state index contributed by atoms with van der Waals surface area (Å²) in [6, 6.07) is 4.77. The van der Waals surface area contributed by atoms with Gasteiger partial charge in [0.05, 0.1) is 13.0 Å². The van der Waals surface area contributed by atoms with Crippen molar-refractivity contribution < 1.29 is 17.9 Å². The van der Waals surface area contributed by atoms with E-state index in [1.54, 1.807) is 12.1 Å². The Labute approximate surface area is 159 Å². The minimum atomic E-state index is -3.78. The minimum Gasteiger partial charge on any atom is -0.495 e. The second-order valence-electron chi connectivity index (χ2n) is 6.99. The molecule has 1 heterocycles. The van der Waals surface area contributed by atoms with Crippen molar-refractivity contribution in [2.45, 2.75) is 49.5 Å². The normalized spacial score (nSPS) is 22.3. The standard InChI is InChI=1S/C18H25ClN2O4S/c1-25-16-9-8-14(19)11-17(16)26(23,24)21-10-4-5-13(12-21)18(22)20-15-6-2-3-7-15/h8-9,11,13,15H,2-7,10,12H2,1H3,(H,20,22). The molecule has 0 spiro atoms. The number of amides is 1. The molecule has 0 bridgehead atoms. The van der Waals surface area contributed by atoms with E-state index < -0.39 is 10.0 Å². The second kappa shape index (κ2) is 8.15. The number of benzene rings is 1. The molecule has 1 atom stereocenters. The number of hydrogen-bond donors (Lipinski definition) is 1. The number of rotatable bonds is 5. The number of halogens is 1. The lowest BCUT2D eigenvalue weighted by molar-refractivity contribution is -0.126. The second-order valence-corrected chi connectivity index (χ2v) is 9.33. The van der Waals surface area contributed by atoms with Gasteiger partial charge in [0.25, 0.3) is 0 Å². The highest BCUT2D eigenvalue weighted by molar-refractivity contribution is 7.89. The summed E-state index contributed by atoms with van der Waals surface area (Å²) >= 11 is 5.99. The van der Waals surface area contributed by atoms with Gasteiger partial charge in [0.15, 0.2) is 0 Å².